The average molecular weight is 116 g/mol. The van der Waals surface area contributed by atoms with E-state index in [4.69, 9.17) is 17.3 Å². The van der Waals surface area contributed by atoms with Gasteiger partial charge in [0, 0.05) is 6.04 Å². The van der Waals surface area contributed by atoms with Crippen molar-refractivity contribution in [3.8, 4) is 12.0 Å². The van der Waals surface area contributed by atoms with Gasteiger partial charge in [0.05, 0.1) is 0 Å². The zero-order chi connectivity index (χ0) is 5.33. The van der Waals surface area contributed by atoms with Crippen LogP contribution in [0.25, 0.3) is 0 Å². The van der Waals surface area contributed by atoms with Gasteiger partial charge in [-0.25, -0.2) is 0 Å². The Bertz CT molecular complexity index is 127. The molecular formula is C5H6ClN. The van der Waals surface area contributed by atoms with Gasteiger partial charge < -0.3 is 5.73 Å². The molecule has 1 nitrogen and oxygen atoms in total. The molecule has 0 radical (unpaired) electrons. The van der Waals surface area contributed by atoms with E-state index in [0.717, 1.165) is 12.8 Å². The second kappa shape index (κ2) is 1.31. The average Bonchev–Trinajstić information content (AvgIpc) is 2.22. The van der Waals surface area contributed by atoms with Crippen molar-refractivity contribution in [1.29, 1.82) is 0 Å². The zero-order valence-electron chi connectivity index (χ0n) is 3.87. The summed E-state index contributed by atoms with van der Waals surface area (Å²) in [4.78, 5) is -0.214. The molecule has 0 amide bonds. The largest absolute Gasteiger partial charge is 0.359 e. The fourth-order valence-corrected chi connectivity index (χ4v) is 0.513. The van der Waals surface area contributed by atoms with Crippen LogP contribution in [-0.2, 0) is 0 Å². The molecule has 0 saturated heterocycles. The number of hydrogen-bond acceptors (Lipinski definition) is 1. The molecule has 7 heavy (non-hydrogen) atoms. The van der Waals surface area contributed by atoms with Gasteiger partial charge >= 0.3 is 0 Å². The number of alkyl halides is 1. The van der Waals surface area contributed by atoms with E-state index >= 15 is 0 Å². The fourth-order valence-electron chi connectivity index (χ4n) is 0.364. The first kappa shape index (κ1) is 4.80. The summed E-state index contributed by atoms with van der Waals surface area (Å²) in [7, 11) is 0. The highest BCUT2D eigenvalue weighted by molar-refractivity contribution is 6.28. The summed E-state index contributed by atoms with van der Waals surface area (Å²) in [5, 5.41) is 0. The molecule has 0 atom stereocenters. The Morgan fingerprint density at radius 2 is 2.14 bits per heavy atom. The van der Waals surface area contributed by atoms with E-state index in [0.29, 0.717) is 0 Å². The molecule has 1 aliphatic carbocycles. The molecule has 2 N–H and O–H groups in total. The highest BCUT2D eigenvalue weighted by Gasteiger charge is 2.38. The number of hydrogen-bond donors (Lipinski definition) is 1. The summed E-state index contributed by atoms with van der Waals surface area (Å²) in [5.74, 6) is 2.69. The molecule has 0 aliphatic heterocycles. The van der Waals surface area contributed by atoms with Crippen LogP contribution in [0.15, 0.2) is 0 Å². The summed E-state index contributed by atoms with van der Waals surface area (Å²) in [6.45, 7) is 0. The summed E-state index contributed by atoms with van der Waals surface area (Å²) in [5.41, 5.74) is 4.91. The normalized spacial score (nSPS) is 22.4. The van der Waals surface area contributed by atoms with Gasteiger partial charge in [0.1, 0.15) is 4.87 Å². The quantitative estimate of drug-likeness (QED) is 0.280. The molecule has 38 valence electrons. The second-order valence-corrected chi connectivity index (χ2v) is 2.46. The molecule has 0 heterocycles. The van der Waals surface area contributed by atoms with E-state index in [1.165, 1.54) is 0 Å². The Hall–Kier alpha value is -0.350. The van der Waals surface area contributed by atoms with Gasteiger partial charge in [0.25, 0.3) is 0 Å². The van der Waals surface area contributed by atoms with Crippen LogP contribution in [0.5, 0.6) is 0 Å². The Morgan fingerprint density at radius 1 is 1.57 bits per heavy atom. The lowest BCUT2D eigenvalue weighted by atomic mass is 10.4. The molecule has 2 heteroatoms. The predicted octanol–water partition coefficient (Wildman–Crippen LogP) is 0.677. The standard InChI is InChI=1S/C5H6ClN/c6-5(1-2-5)3-4-7/h1-2,7H2. The van der Waals surface area contributed by atoms with Crippen LogP contribution >= 0.6 is 11.6 Å². The minimum absolute atomic E-state index is 0.214. The van der Waals surface area contributed by atoms with Crippen LogP contribution < -0.4 is 5.73 Å². The van der Waals surface area contributed by atoms with E-state index in [1.807, 2.05) is 0 Å². The van der Waals surface area contributed by atoms with Crippen molar-refractivity contribution in [2.75, 3.05) is 0 Å². The number of rotatable bonds is 0. The van der Waals surface area contributed by atoms with Gasteiger partial charge in [0.2, 0.25) is 0 Å². The maximum Gasteiger partial charge on any atom is 0.107 e. The molecule has 1 saturated carbocycles. The predicted molar refractivity (Wildman–Crippen MR) is 29.8 cm³/mol. The maximum absolute atomic E-state index is 5.69. The van der Waals surface area contributed by atoms with Crippen molar-refractivity contribution in [3.05, 3.63) is 0 Å². The Balaban J connectivity index is 2.50. The van der Waals surface area contributed by atoms with Crippen LogP contribution in [0.3, 0.4) is 0 Å². The van der Waals surface area contributed by atoms with E-state index < -0.39 is 0 Å². The lowest BCUT2D eigenvalue weighted by molar-refractivity contribution is 1.23. The van der Waals surface area contributed by atoms with Crippen molar-refractivity contribution >= 4 is 11.6 Å². The number of halogens is 1. The molecule has 1 fully saturated rings. The minimum Gasteiger partial charge on any atom is -0.359 e. The maximum atomic E-state index is 5.69. The first-order valence-corrected chi connectivity index (χ1v) is 2.56. The molecule has 0 aromatic carbocycles. The first-order valence-electron chi connectivity index (χ1n) is 2.18. The monoisotopic (exact) mass is 115 g/mol. The number of nitrogens with two attached hydrogens (primary N) is 1. The zero-order valence-corrected chi connectivity index (χ0v) is 4.63. The molecule has 0 spiro atoms. The molecule has 0 aromatic rings. The minimum atomic E-state index is -0.214. The van der Waals surface area contributed by atoms with Crippen molar-refractivity contribution < 1.29 is 0 Å². The van der Waals surface area contributed by atoms with Crippen LogP contribution in [0.4, 0.5) is 0 Å². The summed E-state index contributed by atoms with van der Waals surface area (Å²) < 4.78 is 0. The molecule has 0 bridgehead atoms. The van der Waals surface area contributed by atoms with Crippen molar-refractivity contribution in [1.82, 2.24) is 0 Å². The van der Waals surface area contributed by atoms with E-state index in [2.05, 4.69) is 12.0 Å². The van der Waals surface area contributed by atoms with Crippen LogP contribution in [0, 0.1) is 12.0 Å². The highest BCUT2D eigenvalue weighted by atomic mass is 35.5. The molecule has 1 aliphatic rings. The smallest absolute Gasteiger partial charge is 0.107 e. The molecule has 0 aromatic heterocycles. The van der Waals surface area contributed by atoms with Crippen LogP contribution in [0.1, 0.15) is 12.8 Å². The molecule has 1 rings (SSSR count). The Kier molecular flexibility index (Phi) is 0.900. The van der Waals surface area contributed by atoms with Gasteiger partial charge in [0.15, 0.2) is 0 Å². The summed E-state index contributed by atoms with van der Waals surface area (Å²) in [6, 6.07) is 2.29. The van der Waals surface area contributed by atoms with E-state index in [1.54, 1.807) is 0 Å². The lowest BCUT2D eigenvalue weighted by Crippen LogP contribution is -1.91. The van der Waals surface area contributed by atoms with Gasteiger partial charge in [-0.05, 0) is 12.8 Å². The van der Waals surface area contributed by atoms with E-state index in [-0.39, 0.29) is 4.87 Å². The Labute approximate surface area is 47.8 Å². The Morgan fingerprint density at radius 3 is 2.29 bits per heavy atom. The van der Waals surface area contributed by atoms with Gasteiger partial charge in [-0.3, -0.25) is 0 Å². The fraction of sp³-hybridized carbons (Fsp3) is 0.600. The third-order valence-corrected chi connectivity index (χ3v) is 1.46. The topological polar surface area (TPSA) is 26.0 Å². The van der Waals surface area contributed by atoms with Gasteiger partial charge in [-0.15, -0.1) is 11.6 Å². The van der Waals surface area contributed by atoms with Gasteiger partial charge in [-0.1, -0.05) is 5.92 Å². The SMILES string of the molecule is NC#CC1(Cl)CC1. The van der Waals surface area contributed by atoms with Crippen molar-refractivity contribution in [2.45, 2.75) is 17.7 Å². The van der Waals surface area contributed by atoms with Crippen LogP contribution in [0.2, 0.25) is 0 Å². The van der Waals surface area contributed by atoms with Gasteiger partial charge in [-0.2, -0.15) is 0 Å². The second-order valence-electron chi connectivity index (χ2n) is 1.73. The summed E-state index contributed by atoms with van der Waals surface area (Å²) >= 11 is 5.69. The highest BCUT2D eigenvalue weighted by Crippen LogP contribution is 2.41. The molecular weight excluding hydrogens is 110 g/mol. The molecule has 0 unspecified atom stereocenters. The van der Waals surface area contributed by atoms with E-state index in [9.17, 15) is 0 Å². The van der Waals surface area contributed by atoms with Crippen molar-refractivity contribution in [2.24, 2.45) is 5.73 Å². The van der Waals surface area contributed by atoms with Crippen LogP contribution in [-0.4, -0.2) is 4.87 Å². The third-order valence-electron chi connectivity index (χ3n) is 0.985. The third kappa shape index (κ3) is 1.01. The summed E-state index contributed by atoms with van der Waals surface area (Å²) in [6.07, 6.45) is 2.00. The first-order chi connectivity index (χ1) is 3.27. The van der Waals surface area contributed by atoms with Crippen molar-refractivity contribution in [3.63, 3.8) is 0 Å². The lowest BCUT2D eigenvalue weighted by Gasteiger charge is -1.84.